The van der Waals surface area contributed by atoms with Gasteiger partial charge in [0.05, 0.1) is 16.7 Å². The highest BCUT2D eigenvalue weighted by Crippen LogP contribution is 2.34. The van der Waals surface area contributed by atoms with E-state index in [1.54, 1.807) is 18.2 Å². The summed E-state index contributed by atoms with van der Waals surface area (Å²) in [5.41, 5.74) is 1.77. The highest BCUT2D eigenvalue weighted by atomic mass is 35.5. The van der Waals surface area contributed by atoms with E-state index in [-0.39, 0.29) is 17.8 Å². The molecule has 2 aromatic carbocycles. The summed E-state index contributed by atoms with van der Waals surface area (Å²) in [5.74, 6) is 0.113. The highest BCUT2D eigenvalue weighted by molar-refractivity contribution is 7.91. The van der Waals surface area contributed by atoms with E-state index in [0.717, 1.165) is 17.5 Å². The van der Waals surface area contributed by atoms with Crippen LogP contribution < -0.4 is 5.32 Å². The first kappa shape index (κ1) is 15.5. The van der Waals surface area contributed by atoms with Gasteiger partial charge in [0.25, 0.3) is 0 Å². The zero-order valence-electron chi connectivity index (χ0n) is 12.3. The number of rotatable bonds is 2. The fourth-order valence-electron chi connectivity index (χ4n) is 2.91. The third-order valence-electron chi connectivity index (χ3n) is 4.07. The standard InChI is InChI=1S/C17H18ClNO2S/c1-2-14-11-22(20,21)16-9-8-13(18)10-15(16)17(19-14)12-6-4-3-5-7-12/h3-10,14,17,19H,2,11H2,1H3/t14-,17-/m1/s1. The van der Waals surface area contributed by atoms with Crippen LogP contribution in [0.4, 0.5) is 0 Å². The van der Waals surface area contributed by atoms with E-state index in [1.165, 1.54) is 0 Å². The fraction of sp³-hybridized carbons (Fsp3) is 0.294. The topological polar surface area (TPSA) is 46.2 Å². The molecule has 0 amide bonds. The minimum Gasteiger partial charge on any atom is -0.302 e. The van der Waals surface area contributed by atoms with E-state index in [2.05, 4.69) is 5.32 Å². The molecule has 1 aliphatic heterocycles. The summed E-state index contributed by atoms with van der Waals surface area (Å²) in [5, 5.41) is 4.03. The Labute approximate surface area is 136 Å². The second-order valence-electron chi connectivity index (χ2n) is 5.58. The Morgan fingerprint density at radius 3 is 2.59 bits per heavy atom. The monoisotopic (exact) mass is 335 g/mol. The number of fused-ring (bicyclic) bond motifs is 1. The lowest BCUT2D eigenvalue weighted by molar-refractivity contribution is 0.490. The molecule has 3 nitrogen and oxygen atoms in total. The van der Waals surface area contributed by atoms with E-state index in [4.69, 9.17) is 11.6 Å². The Kier molecular flexibility index (Phi) is 4.26. The number of hydrogen-bond donors (Lipinski definition) is 1. The van der Waals surface area contributed by atoms with Crippen LogP contribution in [-0.2, 0) is 9.84 Å². The Bertz CT molecular complexity index is 775. The van der Waals surface area contributed by atoms with Crippen molar-refractivity contribution in [2.45, 2.75) is 30.3 Å². The van der Waals surface area contributed by atoms with Gasteiger partial charge in [0.2, 0.25) is 0 Å². The summed E-state index contributed by atoms with van der Waals surface area (Å²) in [6.07, 6.45) is 0.754. The third-order valence-corrected chi connectivity index (χ3v) is 6.18. The lowest BCUT2D eigenvalue weighted by atomic mass is 9.97. The van der Waals surface area contributed by atoms with Crippen LogP contribution in [0, 0.1) is 0 Å². The molecule has 22 heavy (non-hydrogen) atoms. The summed E-state index contributed by atoms with van der Waals surface area (Å²) < 4.78 is 25.3. The van der Waals surface area contributed by atoms with Crippen molar-refractivity contribution in [3.63, 3.8) is 0 Å². The van der Waals surface area contributed by atoms with Gasteiger partial charge in [-0.25, -0.2) is 8.42 Å². The van der Waals surface area contributed by atoms with Crippen molar-refractivity contribution < 1.29 is 8.42 Å². The maximum Gasteiger partial charge on any atom is 0.180 e. The maximum atomic E-state index is 12.7. The van der Waals surface area contributed by atoms with Crippen molar-refractivity contribution in [1.29, 1.82) is 0 Å². The molecular weight excluding hydrogens is 318 g/mol. The van der Waals surface area contributed by atoms with Crippen LogP contribution in [0.5, 0.6) is 0 Å². The first-order valence-corrected chi connectivity index (χ1v) is 9.37. The molecule has 0 unspecified atom stereocenters. The van der Waals surface area contributed by atoms with Gasteiger partial charge in [-0.3, -0.25) is 0 Å². The smallest absolute Gasteiger partial charge is 0.180 e. The molecule has 0 saturated heterocycles. The lowest BCUT2D eigenvalue weighted by Gasteiger charge is -2.22. The van der Waals surface area contributed by atoms with Gasteiger partial charge in [0.1, 0.15) is 0 Å². The summed E-state index contributed by atoms with van der Waals surface area (Å²) in [4.78, 5) is 0.384. The molecule has 1 N–H and O–H groups in total. The Morgan fingerprint density at radius 2 is 1.91 bits per heavy atom. The molecule has 0 radical (unpaired) electrons. The van der Waals surface area contributed by atoms with Crippen LogP contribution in [0.1, 0.15) is 30.5 Å². The molecule has 0 saturated carbocycles. The van der Waals surface area contributed by atoms with Crippen molar-refractivity contribution in [3.8, 4) is 0 Å². The average molecular weight is 336 g/mol. The number of benzene rings is 2. The number of sulfone groups is 1. The predicted molar refractivity (Wildman–Crippen MR) is 89.0 cm³/mol. The van der Waals surface area contributed by atoms with Gasteiger partial charge in [-0.2, -0.15) is 0 Å². The van der Waals surface area contributed by atoms with Crippen LogP contribution >= 0.6 is 11.6 Å². The molecule has 3 rings (SSSR count). The second kappa shape index (κ2) is 6.03. The van der Waals surface area contributed by atoms with Crippen LogP contribution in [0.25, 0.3) is 0 Å². The molecule has 0 bridgehead atoms. The van der Waals surface area contributed by atoms with Gasteiger partial charge in [-0.05, 0) is 35.7 Å². The van der Waals surface area contributed by atoms with Gasteiger partial charge in [0, 0.05) is 11.1 Å². The molecule has 116 valence electrons. The van der Waals surface area contributed by atoms with E-state index < -0.39 is 9.84 Å². The second-order valence-corrected chi connectivity index (χ2v) is 8.02. The zero-order valence-corrected chi connectivity index (χ0v) is 13.9. The maximum absolute atomic E-state index is 12.7. The predicted octanol–water partition coefficient (Wildman–Crippen LogP) is 3.58. The molecule has 0 aliphatic carbocycles. The Hall–Kier alpha value is -1.36. The van der Waals surface area contributed by atoms with Crippen molar-refractivity contribution >= 4 is 21.4 Å². The summed E-state index contributed by atoms with van der Waals surface area (Å²) in [6.45, 7) is 2.00. The SMILES string of the molecule is CC[C@@H]1CS(=O)(=O)c2ccc(Cl)cc2[C@@H](c2ccccc2)N1. The number of halogens is 1. The quantitative estimate of drug-likeness (QED) is 0.912. The molecule has 2 aromatic rings. The number of nitrogens with one attached hydrogen (secondary N) is 1. The Morgan fingerprint density at radius 1 is 1.18 bits per heavy atom. The Balaban J connectivity index is 2.22. The molecule has 1 aliphatic rings. The van der Waals surface area contributed by atoms with Gasteiger partial charge < -0.3 is 5.32 Å². The molecule has 0 spiro atoms. The summed E-state index contributed by atoms with van der Waals surface area (Å²) in [7, 11) is -3.32. The van der Waals surface area contributed by atoms with E-state index in [0.29, 0.717) is 9.92 Å². The van der Waals surface area contributed by atoms with Gasteiger partial charge >= 0.3 is 0 Å². The van der Waals surface area contributed by atoms with Crippen molar-refractivity contribution in [2.75, 3.05) is 5.75 Å². The van der Waals surface area contributed by atoms with Gasteiger partial charge in [-0.15, -0.1) is 0 Å². The van der Waals surface area contributed by atoms with Crippen LogP contribution in [-0.4, -0.2) is 20.2 Å². The van der Waals surface area contributed by atoms with E-state index >= 15 is 0 Å². The van der Waals surface area contributed by atoms with Crippen molar-refractivity contribution in [1.82, 2.24) is 5.32 Å². The number of hydrogen-bond acceptors (Lipinski definition) is 3. The summed E-state index contributed by atoms with van der Waals surface area (Å²) in [6, 6.07) is 14.7. The summed E-state index contributed by atoms with van der Waals surface area (Å²) >= 11 is 6.12. The molecular formula is C17H18ClNO2S. The van der Waals surface area contributed by atoms with Crippen molar-refractivity contribution in [3.05, 3.63) is 64.7 Å². The van der Waals surface area contributed by atoms with Crippen molar-refractivity contribution in [2.24, 2.45) is 0 Å². The zero-order chi connectivity index (χ0) is 15.7. The molecule has 1 heterocycles. The average Bonchev–Trinajstić information content (AvgIpc) is 2.62. The van der Waals surface area contributed by atoms with E-state index in [9.17, 15) is 8.42 Å². The molecule has 0 fully saturated rings. The van der Waals surface area contributed by atoms with E-state index in [1.807, 2.05) is 37.3 Å². The fourth-order valence-corrected chi connectivity index (χ4v) is 4.95. The largest absolute Gasteiger partial charge is 0.302 e. The molecule has 5 heteroatoms. The highest BCUT2D eigenvalue weighted by Gasteiger charge is 2.32. The normalized spacial score (nSPS) is 23.5. The van der Waals surface area contributed by atoms with Crippen LogP contribution in [0.15, 0.2) is 53.4 Å². The first-order chi connectivity index (χ1) is 10.5. The van der Waals surface area contributed by atoms with Crippen LogP contribution in [0.3, 0.4) is 0 Å². The minimum absolute atomic E-state index is 0.0821. The third kappa shape index (κ3) is 2.91. The lowest BCUT2D eigenvalue weighted by Crippen LogP contribution is -2.35. The molecule has 0 aromatic heterocycles. The van der Waals surface area contributed by atoms with Crippen LogP contribution in [0.2, 0.25) is 5.02 Å². The molecule has 2 atom stereocenters. The van der Waals surface area contributed by atoms with Gasteiger partial charge in [-0.1, -0.05) is 48.9 Å². The first-order valence-electron chi connectivity index (χ1n) is 7.34. The minimum atomic E-state index is -3.32. The van der Waals surface area contributed by atoms with Gasteiger partial charge in [0.15, 0.2) is 9.84 Å².